The molecule has 264 valence electrons. The largest absolute Gasteiger partial charge is 0.465 e. The van der Waals surface area contributed by atoms with Gasteiger partial charge in [-0.25, -0.2) is 0 Å². The van der Waals surface area contributed by atoms with Gasteiger partial charge in [0, 0.05) is 17.3 Å². The summed E-state index contributed by atoms with van der Waals surface area (Å²) in [6.07, 6.45) is 8.67. The van der Waals surface area contributed by atoms with Crippen molar-refractivity contribution in [3.05, 3.63) is 33.9 Å². The predicted octanol–water partition coefficient (Wildman–Crippen LogP) is 2.34. The van der Waals surface area contributed by atoms with Crippen molar-refractivity contribution in [2.45, 2.75) is 103 Å². The van der Waals surface area contributed by atoms with Crippen LogP contribution >= 0.6 is 0 Å². The number of aliphatic hydroxyl groups excluding tert-OH is 2. The highest BCUT2D eigenvalue weighted by Gasteiger charge is 2.62. The van der Waals surface area contributed by atoms with Gasteiger partial charge in [0.25, 0.3) is 5.09 Å². The molecule has 0 amide bonds. The summed E-state index contributed by atoms with van der Waals surface area (Å²) in [4.78, 5) is 63.9. The lowest BCUT2D eigenvalue weighted by molar-refractivity contribution is -0.757. The van der Waals surface area contributed by atoms with Gasteiger partial charge in [0.15, 0.2) is 17.9 Å². The molecule has 0 aliphatic heterocycles. The summed E-state index contributed by atoms with van der Waals surface area (Å²) in [5, 5.41) is 36.9. The number of nitrogens with zero attached hydrogens (tertiary/aromatic N) is 1. The number of unbranched alkanes of at least 4 members (excludes halogenated alkanes) is 1. The predicted molar refractivity (Wildman–Crippen MR) is 166 cm³/mol. The minimum Gasteiger partial charge on any atom is -0.465 e. The molecule has 4 rings (SSSR count). The molecular formula is C33H50N2O12. The third-order valence-electron chi connectivity index (χ3n) is 10.5. The zero-order chi connectivity index (χ0) is 34.9. The Morgan fingerprint density at radius 1 is 1.13 bits per heavy atom. The average molecular weight is 667 g/mol. The van der Waals surface area contributed by atoms with Gasteiger partial charge in [-0.05, 0) is 80.8 Å². The van der Waals surface area contributed by atoms with Crippen LogP contribution in [0.3, 0.4) is 0 Å². The summed E-state index contributed by atoms with van der Waals surface area (Å²) in [6.45, 7) is 5.51. The highest BCUT2D eigenvalue weighted by molar-refractivity contribution is 6.01. The first kappa shape index (κ1) is 38.2. The Kier molecular flexibility index (Phi) is 13.6. The number of ether oxygens (including phenoxy) is 2. The topological polar surface area (TPSA) is 226 Å². The van der Waals surface area contributed by atoms with Crippen LogP contribution in [-0.2, 0) is 33.5 Å². The van der Waals surface area contributed by atoms with Crippen molar-refractivity contribution in [1.82, 2.24) is 0 Å². The lowest BCUT2D eigenvalue weighted by Gasteiger charge is -2.58. The number of allylic oxidation sites excluding steroid dienone is 4. The van der Waals surface area contributed by atoms with E-state index >= 15 is 0 Å². The summed E-state index contributed by atoms with van der Waals surface area (Å²) in [6, 6.07) is -1.26. The Morgan fingerprint density at radius 3 is 2.47 bits per heavy atom. The average Bonchev–Trinajstić information content (AvgIpc) is 3.34. The number of Topliss-reactive ketones (excluding diaryl/α,β-unsaturated/α-hetero) is 1. The summed E-state index contributed by atoms with van der Waals surface area (Å²) >= 11 is 0. The van der Waals surface area contributed by atoms with E-state index in [1.165, 1.54) is 0 Å². The highest BCUT2D eigenvalue weighted by Crippen LogP contribution is 2.66. The van der Waals surface area contributed by atoms with Crippen molar-refractivity contribution in [3.63, 3.8) is 0 Å². The number of rotatable bonds is 14. The lowest BCUT2D eigenvalue weighted by Crippen LogP contribution is -2.56. The SMILES string of the molecule is CCCC(O)O.C[C@]12C[C@H](O)C3[C@@H](CCC4=CC(=O)C=C[C@@]43C)C1CCC2C(=O)COC(=O)CC(N)C(=O)OCCCCO[N+](=O)[O-]. The van der Waals surface area contributed by atoms with E-state index in [-0.39, 0.29) is 53.9 Å². The van der Waals surface area contributed by atoms with E-state index in [1.807, 2.05) is 13.0 Å². The number of hydrogen-bond donors (Lipinski definition) is 4. The van der Waals surface area contributed by atoms with Crippen LogP contribution in [0.4, 0.5) is 0 Å². The van der Waals surface area contributed by atoms with Crippen LogP contribution in [0.2, 0.25) is 0 Å². The molecule has 4 aliphatic carbocycles. The molecule has 3 saturated carbocycles. The Labute approximate surface area is 274 Å². The third kappa shape index (κ3) is 9.46. The molecule has 4 aliphatic rings. The van der Waals surface area contributed by atoms with Crippen molar-refractivity contribution in [3.8, 4) is 0 Å². The van der Waals surface area contributed by atoms with Crippen LogP contribution in [0.25, 0.3) is 0 Å². The fraction of sp³-hybridized carbons (Fsp3) is 0.758. The number of esters is 2. The molecule has 0 aromatic carbocycles. The molecule has 14 heteroatoms. The van der Waals surface area contributed by atoms with Crippen LogP contribution in [0.5, 0.6) is 0 Å². The minimum atomic E-state index is -1.26. The van der Waals surface area contributed by atoms with E-state index in [9.17, 15) is 34.4 Å². The van der Waals surface area contributed by atoms with Gasteiger partial charge in [-0.3, -0.25) is 19.2 Å². The van der Waals surface area contributed by atoms with Crippen LogP contribution in [0.15, 0.2) is 23.8 Å². The Balaban J connectivity index is 0.000000913. The van der Waals surface area contributed by atoms with E-state index in [1.54, 1.807) is 12.2 Å². The molecule has 5 N–H and O–H groups in total. The molecule has 0 saturated heterocycles. The maximum absolute atomic E-state index is 13.3. The number of carbonyl (C=O) groups excluding carboxylic acids is 4. The molecule has 0 heterocycles. The molecule has 47 heavy (non-hydrogen) atoms. The highest BCUT2D eigenvalue weighted by atomic mass is 16.9. The van der Waals surface area contributed by atoms with Crippen molar-refractivity contribution >= 4 is 23.5 Å². The molecule has 4 unspecified atom stereocenters. The smallest absolute Gasteiger partial charge is 0.323 e. The second kappa shape index (κ2) is 16.8. The first-order valence-electron chi connectivity index (χ1n) is 16.5. The van der Waals surface area contributed by atoms with Gasteiger partial charge in [-0.15, -0.1) is 10.1 Å². The molecule has 0 aromatic rings. The van der Waals surface area contributed by atoms with Gasteiger partial charge in [-0.1, -0.05) is 38.8 Å². The third-order valence-corrected chi connectivity index (χ3v) is 10.5. The Hall–Kier alpha value is -3.20. The van der Waals surface area contributed by atoms with Gasteiger partial charge in [0.2, 0.25) is 0 Å². The summed E-state index contributed by atoms with van der Waals surface area (Å²) in [5.74, 6) is -1.74. The normalized spacial score (nSPS) is 31.3. The second-order valence-electron chi connectivity index (χ2n) is 13.6. The number of aliphatic hydroxyl groups is 3. The van der Waals surface area contributed by atoms with E-state index in [0.717, 1.165) is 31.3 Å². The maximum atomic E-state index is 13.3. The summed E-state index contributed by atoms with van der Waals surface area (Å²) < 4.78 is 10.2. The quantitative estimate of drug-likeness (QED) is 0.0687. The van der Waals surface area contributed by atoms with E-state index in [2.05, 4.69) is 18.7 Å². The summed E-state index contributed by atoms with van der Waals surface area (Å²) in [7, 11) is 0. The molecule has 8 atom stereocenters. The molecule has 14 nitrogen and oxygen atoms in total. The van der Waals surface area contributed by atoms with E-state index < -0.39 is 53.9 Å². The lowest BCUT2D eigenvalue weighted by atomic mass is 9.46. The zero-order valence-electron chi connectivity index (χ0n) is 27.5. The first-order valence-corrected chi connectivity index (χ1v) is 16.5. The molecule has 0 spiro atoms. The molecular weight excluding hydrogens is 616 g/mol. The monoisotopic (exact) mass is 666 g/mol. The number of hydrogen-bond acceptors (Lipinski definition) is 13. The standard InChI is InChI=1S/C29H40N2O10.C4H10O2/c1-28-10-9-18(32)13-17(28)5-6-19-20-7-8-21(29(20,2)15-23(33)26(19)28)24(34)16-40-25(35)14-22(30)27(36)39-11-3-4-12-41-31(37)38;1-2-3-4(5)6/h9-10,13,19-23,26,33H,3-8,11-12,14-16,30H2,1-2H3;4-6H,2-3H2,1H3/t19-,20?,21?,22?,23-,26?,28-,29-;/m0./s1. The van der Waals surface area contributed by atoms with Gasteiger partial charge < -0.3 is 35.4 Å². The van der Waals surface area contributed by atoms with Crippen LogP contribution in [-0.4, -0.2) is 82.2 Å². The Bertz CT molecular complexity index is 1220. The second-order valence-corrected chi connectivity index (χ2v) is 13.6. The van der Waals surface area contributed by atoms with Crippen molar-refractivity contribution in [2.24, 2.45) is 40.2 Å². The molecule has 0 bridgehead atoms. The number of nitrogens with two attached hydrogens (primary N) is 1. The number of fused-ring (bicyclic) bond motifs is 5. The van der Waals surface area contributed by atoms with Gasteiger partial charge in [-0.2, -0.15) is 0 Å². The fourth-order valence-corrected chi connectivity index (χ4v) is 8.31. The first-order chi connectivity index (χ1) is 22.1. The minimum absolute atomic E-state index is 0.0112. The van der Waals surface area contributed by atoms with E-state index in [4.69, 9.17) is 25.4 Å². The van der Waals surface area contributed by atoms with Crippen molar-refractivity contribution in [2.75, 3.05) is 19.8 Å². The number of carbonyl (C=O) groups is 4. The summed E-state index contributed by atoms with van der Waals surface area (Å²) in [5.41, 5.74) is 6.02. The van der Waals surface area contributed by atoms with Gasteiger partial charge >= 0.3 is 11.9 Å². The van der Waals surface area contributed by atoms with Crippen molar-refractivity contribution in [1.29, 1.82) is 0 Å². The fourth-order valence-electron chi connectivity index (χ4n) is 8.31. The van der Waals surface area contributed by atoms with Crippen molar-refractivity contribution < 1.29 is 53.9 Å². The molecule has 0 radical (unpaired) electrons. The molecule has 3 fully saturated rings. The van der Waals surface area contributed by atoms with Gasteiger partial charge in [0.1, 0.15) is 12.6 Å². The molecule has 0 aromatic heterocycles. The van der Waals surface area contributed by atoms with E-state index in [0.29, 0.717) is 32.1 Å². The zero-order valence-corrected chi connectivity index (χ0v) is 27.5. The van der Waals surface area contributed by atoms with Crippen LogP contribution < -0.4 is 5.73 Å². The Morgan fingerprint density at radius 2 is 1.83 bits per heavy atom. The maximum Gasteiger partial charge on any atom is 0.323 e. The number of ketones is 2. The van der Waals surface area contributed by atoms with Crippen LogP contribution in [0, 0.1) is 44.6 Å². The van der Waals surface area contributed by atoms with Crippen LogP contribution in [0.1, 0.15) is 85.0 Å². The van der Waals surface area contributed by atoms with Gasteiger partial charge in [0.05, 0.1) is 25.7 Å².